The van der Waals surface area contributed by atoms with Crippen molar-refractivity contribution in [2.75, 3.05) is 0 Å². The number of hydrogen-bond donors (Lipinski definition) is 1. The number of carboxylic acids is 1. The fraction of sp³-hybridized carbons (Fsp3) is 0.667. The minimum absolute atomic E-state index is 0.253. The van der Waals surface area contributed by atoms with Crippen molar-refractivity contribution in [3.8, 4) is 0 Å². The van der Waals surface area contributed by atoms with E-state index in [-0.39, 0.29) is 5.92 Å². The number of carbonyl (C=O) groups is 1. The van der Waals surface area contributed by atoms with Gasteiger partial charge in [0.15, 0.2) is 0 Å². The summed E-state index contributed by atoms with van der Waals surface area (Å²) in [5, 5.41) is 9.03. The maximum Gasteiger partial charge on any atom is 0.310 e. The number of rotatable bonds is 1. The second kappa shape index (κ2) is 1.87. The van der Waals surface area contributed by atoms with E-state index >= 15 is 0 Å². The van der Waals surface area contributed by atoms with Crippen molar-refractivity contribution >= 4 is 5.97 Å². The predicted octanol–water partition coefficient (Wildman–Crippen LogP) is 1.82. The molecule has 2 atom stereocenters. The van der Waals surface area contributed by atoms with Gasteiger partial charge in [0.25, 0.3) is 0 Å². The third-order valence-corrected chi connectivity index (χ3v) is 3.22. The van der Waals surface area contributed by atoms with E-state index in [1.165, 1.54) is 5.57 Å². The molecule has 0 aliphatic heterocycles. The van der Waals surface area contributed by atoms with Gasteiger partial charge >= 0.3 is 5.97 Å². The molecule has 0 radical (unpaired) electrons. The van der Waals surface area contributed by atoms with Crippen LogP contribution in [0.5, 0.6) is 0 Å². The van der Waals surface area contributed by atoms with Crippen LogP contribution in [0.15, 0.2) is 11.6 Å². The van der Waals surface area contributed by atoms with Crippen molar-refractivity contribution in [3.63, 3.8) is 0 Å². The van der Waals surface area contributed by atoms with Crippen molar-refractivity contribution in [2.45, 2.75) is 26.2 Å². The van der Waals surface area contributed by atoms with Crippen LogP contribution in [0.1, 0.15) is 26.2 Å². The van der Waals surface area contributed by atoms with Gasteiger partial charge in [-0.2, -0.15) is 0 Å². The lowest BCUT2D eigenvalue weighted by molar-refractivity contribution is -0.150. The van der Waals surface area contributed by atoms with E-state index in [1.807, 2.05) is 6.92 Å². The van der Waals surface area contributed by atoms with Crippen LogP contribution in [-0.2, 0) is 4.79 Å². The monoisotopic (exact) mass is 152 g/mol. The fourth-order valence-electron chi connectivity index (χ4n) is 2.39. The smallest absolute Gasteiger partial charge is 0.310 e. The van der Waals surface area contributed by atoms with Crippen LogP contribution >= 0.6 is 0 Å². The molecule has 0 aromatic heterocycles. The van der Waals surface area contributed by atoms with Crippen molar-refractivity contribution < 1.29 is 9.90 Å². The molecule has 2 aliphatic carbocycles. The molecule has 0 amide bonds. The standard InChI is InChI=1S/C9H12O2/c1-6-4-7-2-3-9(6,5-7)8(10)11/h4,6H,2-3,5H2,1H3,(H,10,11). The molecule has 0 aromatic carbocycles. The summed E-state index contributed by atoms with van der Waals surface area (Å²) >= 11 is 0. The number of aliphatic carboxylic acids is 1. The predicted molar refractivity (Wildman–Crippen MR) is 41.2 cm³/mol. The van der Waals surface area contributed by atoms with E-state index in [4.69, 9.17) is 5.11 Å². The van der Waals surface area contributed by atoms with E-state index in [1.54, 1.807) is 0 Å². The van der Waals surface area contributed by atoms with Gasteiger partial charge in [0.05, 0.1) is 5.41 Å². The van der Waals surface area contributed by atoms with Gasteiger partial charge in [0.2, 0.25) is 0 Å². The lowest BCUT2D eigenvalue weighted by atomic mass is 9.77. The third kappa shape index (κ3) is 0.697. The van der Waals surface area contributed by atoms with Crippen LogP contribution in [-0.4, -0.2) is 11.1 Å². The maximum atomic E-state index is 11.0. The first kappa shape index (κ1) is 6.89. The zero-order valence-electron chi connectivity index (χ0n) is 6.63. The molecule has 1 N–H and O–H groups in total. The summed E-state index contributed by atoms with van der Waals surface area (Å²) in [6.07, 6.45) is 4.81. The Balaban J connectivity index is 2.37. The van der Waals surface area contributed by atoms with Crippen LogP contribution in [0, 0.1) is 11.3 Å². The third-order valence-electron chi connectivity index (χ3n) is 3.22. The molecule has 0 aromatic rings. The summed E-state index contributed by atoms with van der Waals surface area (Å²) in [6.45, 7) is 2.01. The largest absolute Gasteiger partial charge is 0.481 e. The highest BCUT2D eigenvalue weighted by molar-refractivity contribution is 5.77. The van der Waals surface area contributed by atoms with Crippen molar-refractivity contribution in [1.82, 2.24) is 0 Å². The van der Waals surface area contributed by atoms with Gasteiger partial charge in [0.1, 0.15) is 0 Å². The Bertz CT molecular complexity index is 242. The molecule has 60 valence electrons. The summed E-state index contributed by atoms with van der Waals surface area (Å²) in [5.41, 5.74) is 0.954. The topological polar surface area (TPSA) is 37.3 Å². The van der Waals surface area contributed by atoms with Crippen molar-refractivity contribution in [1.29, 1.82) is 0 Å². The van der Waals surface area contributed by atoms with Gasteiger partial charge in [-0.05, 0) is 25.2 Å². The Hall–Kier alpha value is -0.790. The first-order chi connectivity index (χ1) is 5.15. The Morgan fingerprint density at radius 3 is 2.82 bits per heavy atom. The zero-order valence-corrected chi connectivity index (χ0v) is 6.63. The molecule has 2 unspecified atom stereocenters. The number of carboxylic acid groups (broad SMARTS) is 1. The molecule has 11 heavy (non-hydrogen) atoms. The van der Waals surface area contributed by atoms with Crippen LogP contribution < -0.4 is 0 Å². The molecule has 2 heteroatoms. The summed E-state index contributed by atoms with van der Waals surface area (Å²) in [7, 11) is 0. The van der Waals surface area contributed by atoms with Gasteiger partial charge in [-0.15, -0.1) is 0 Å². The average Bonchev–Trinajstić information content (AvgIpc) is 2.43. The van der Waals surface area contributed by atoms with Crippen LogP contribution in [0.25, 0.3) is 0 Å². The molecule has 2 bridgehead atoms. The number of hydrogen-bond acceptors (Lipinski definition) is 1. The molecule has 2 aliphatic rings. The van der Waals surface area contributed by atoms with Gasteiger partial charge in [0, 0.05) is 0 Å². The quantitative estimate of drug-likeness (QED) is 0.582. The van der Waals surface area contributed by atoms with E-state index in [0.29, 0.717) is 0 Å². The molecule has 0 spiro atoms. The van der Waals surface area contributed by atoms with Crippen LogP contribution in [0.3, 0.4) is 0 Å². The molecular weight excluding hydrogens is 140 g/mol. The summed E-state index contributed by atoms with van der Waals surface area (Å²) in [4.78, 5) is 11.0. The second-order valence-corrected chi connectivity index (χ2v) is 3.75. The number of fused-ring (bicyclic) bond motifs is 2. The van der Waals surface area contributed by atoms with Crippen LogP contribution in [0.4, 0.5) is 0 Å². The first-order valence-electron chi connectivity index (χ1n) is 4.08. The van der Waals surface area contributed by atoms with E-state index < -0.39 is 11.4 Å². The normalized spacial score (nSPS) is 40.8. The van der Waals surface area contributed by atoms with E-state index in [0.717, 1.165) is 19.3 Å². The van der Waals surface area contributed by atoms with Crippen molar-refractivity contribution in [3.05, 3.63) is 11.6 Å². The minimum atomic E-state index is -0.603. The summed E-state index contributed by atoms with van der Waals surface area (Å²) in [5.74, 6) is -0.350. The second-order valence-electron chi connectivity index (χ2n) is 3.75. The molecule has 1 saturated carbocycles. The molecular formula is C9H12O2. The Kier molecular flexibility index (Phi) is 1.17. The molecule has 2 nitrogen and oxygen atoms in total. The fourth-order valence-corrected chi connectivity index (χ4v) is 2.39. The molecule has 0 heterocycles. The Morgan fingerprint density at radius 1 is 1.82 bits per heavy atom. The highest BCUT2D eigenvalue weighted by atomic mass is 16.4. The highest BCUT2D eigenvalue weighted by Gasteiger charge is 2.50. The average molecular weight is 152 g/mol. The summed E-state index contributed by atoms with van der Waals surface area (Å²) in [6, 6.07) is 0. The zero-order chi connectivity index (χ0) is 8.06. The van der Waals surface area contributed by atoms with Gasteiger partial charge in [-0.25, -0.2) is 0 Å². The van der Waals surface area contributed by atoms with E-state index in [9.17, 15) is 4.79 Å². The molecule has 2 rings (SSSR count). The van der Waals surface area contributed by atoms with Gasteiger partial charge < -0.3 is 5.11 Å². The number of allylic oxidation sites excluding steroid dienone is 2. The van der Waals surface area contributed by atoms with E-state index in [2.05, 4.69) is 6.08 Å². The molecule has 0 saturated heterocycles. The maximum absolute atomic E-state index is 11.0. The first-order valence-corrected chi connectivity index (χ1v) is 4.08. The SMILES string of the molecule is CC1C=C2CCC1(C(=O)O)C2. The lowest BCUT2D eigenvalue weighted by Gasteiger charge is -2.25. The lowest BCUT2D eigenvalue weighted by Crippen LogP contribution is -2.32. The van der Waals surface area contributed by atoms with Crippen LogP contribution in [0.2, 0.25) is 0 Å². The van der Waals surface area contributed by atoms with Crippen molar-refractivity contribution in [2.24, 2.45) is 11.3 Å². The Morgan fingerprint density at radius 2 is 2.55 bits per heavy atom. The van der Waals surface area contributed by atoms with Gasteiger partial charge in [-0.1, -0.05) is 18.6 Å². The highest BCUT2D eigenvalue weighted by Crippen LogP contribution is 2.53. The minimum Gasteiger partial charge on any atom is -0.481 e. The summed E-state index contributed by atoms with van der Waals surface area (Å²) < 4.78 is 0. The molecule has 1 fully saturated rings. The Labute approximate surface area is 65.9 Å². The van der Waals surface area contributed by atoms with Gasteiger partial charge in [-0.3, -0.25) is 4.79 Å².